The van der Waals surface area contributed by atoms with Gasteiger partial charge < -0.3 is 13.9 Å². The molecule has 1 heterocycles. The Balaban J connectivity index is 1.61. The van der Waals surface area contributed by atoms with Crippen molar-refractivity contribution < 1.29 is 22.3 Å². The molecule has 6 nitrogen and oxygen atoms in total. The first-order chi connectivity index (χ1) is 15.7. The Bertz CT molecular complexity index is 1160. The van der Waals surface area contributed by atoms with Crippen molar-refractivity contribution >= 4 is 44.6 Å². The van der Waals surface area contributed by atoms with E-state index in [4.69, 9.17) is 48.7 Å². The van der Waals surface area contributed by atoms with Crippen molar-refractivity contribution in [2.45, 2.75) is 37.3 Å². The van der Waals surface area contributed by atoms with Crippen molar-refractivity contribution in [1.29, 1.82) is 0 Å². The fourth-order valence-corrected chi connectivity index (χ4v) is 4.71. The Kier molecular flexibility index (Phi) is 8.93. The summed E-state index contributed by atoms with van der Waals surface area (Å²) in [6, 6.07) is 11.3. The van der Waals surface area contributed by atoms with Crippen molar-refractivity contribution in [3.8, 4) is 11.5 Å². The summed E-state index contributed by atoms with van der Waals surface area (Å²) in [5, 5.41) is 0.841. The van der Waals surface area contributed by atoms with Crippen LogP contribution in [0.25, 0.3) is 0 Å². The molecule has 0 spiro atoms. The van der Waals surface area contributed by atoms with Gasteiger partial charge in [0, 0.05) is 12.1 Å². The van der Waals surface area contributed by atoms with E-state index in [-0.39, 0.29) is 23.3 Å². The van der Waals surface area contributed by atoms with E-state index in [0.717, 1.165) is 30.2 Å². The number of benzene rings is 2. The molecule has 0 aliphatic carbocycles. The van der Waals surface area contributed by atoms with Crippen molar-refractivity contribution in [1.82, 2.24) is 4.98 Å². The molecule has 0 unspecified atom stereocenters. The van der Waals surface area contributed by atoms with Crippen LogP contribution >= 0.6 is 34.8 Å². The van der Waals surface area contributed by atoms with Gasteiger partial charge in [-0.25, -0.2) is 13.4 Å². The minimum absolute atomic E-state index is 0.0333. The van der Waals surface area contributed by atoms with E-state index < -0.39 is 9.84 Å². The van der Waals surface area contributed by atoms with Crippen LogP contribution in [0.1, 0.15) is 36.1 Å². The van der Waals surface area contributed by atoms with Gasteiger partial charge in [-0.1, -0.05) is 42.3 Å². The normalized spacial score (nSPS) is 12.5. The summed E-state index contributed by atoms with van der Waals surface area (Å²) in [6.07, 6.45) is 3.65. The number of ether oxygens (including phenoxy) is 2. The fraction of sp³-hybridized carbons (Fsp3) is 0.348. The van der Waals surface area contributed by atoms with E-state index in [9.17, 15) is 8.42 Å². The average molecular weight is 533 g/mol. The summed E-state index contributed by atoms with van der Waals surface area (Å²) in [6.45, 7) is 2.52. The van der Waals surface area contributed by atoms with Gasteiger partial charge in [0.25, 0.3) is 0 Å². The van der Waals surface area contributed by atoms with Gasteiger partial charge in [0.05, 0.1) is 16.7 Å². The minimum Gasteiger partial charge on any atom is -0.490 e. The standard InChI is InChI=1S/C23H24Cl3NO5S/c1-15(17-11-19(25)22(20(26)12-17)30-9-3-8-24)10-16-4-6-18(7-5-16)31-13-21-23(27-14-32-21)33(2,28)29/h4-7,11-12,14-15H,3,8-10,13H2,1-2H3/t15-/m1/s1. The predicted molar refractivity (Wildman–Crippen MR) is 130 cm³/mol. The van der Waals surface area contributed by atoms with Gasteiger partial charge in [0.15, 0.2) is 32.8 Å². The van der Waals surface area contributed by atoms with E-state index >= 15 is 0 Å². The van der Waals surface area contributed by atoms with E-state index in [1.54, 1.807) is 0 Å². The lowest BCUT2D eigenvalue weighted by Gasteiger charge is -2.16. The number of halogens is 3. The number of aromatic nitrogens is 1. The lowest BCUT2D eigenvalue weighted by Crippen LogP contribution is -2.04. The van der Waals surface area contributed by atoms with Crippen LogP contribution in [-0.2, 0) is 22.9 Å². The van der Waals surface area contributed by atoms with Crippen LogP contribution < -0.4 is 9.47 Å². The molecule has 0 saturated heterocycles. The smallest absolute Gasteiger partial charge is 0.200 e. The van der Waals surface area contributed by atoms with Gasteiger partial charge in [-0.15, -0.1) is 11.6 Å². The molecule has 2 aromatic carbocycles. The molecule has 178 valence electrons. The highest BCUT2D eigenvalue weighted by molar-refractivity contribution is 7.90. The molecule has 0 bridgehead atoms. The van der Waals surface area contributed by atoms with Crippen molar-refractivity contribution in [3.63, 3.8) is 0 Å². The van der Waals surface area contributed by atoms with Crippen molar-refractivity contribution in [2.75, 3.05) is 18.7 Å². The van der Waals surface area contributed by atoms with Crippen LogP contribution in [0.4, 0.5) is 0 Å². The average Bonchev–Trinajstić information content (AvgIpc) is 3.24. The third kappa shape index (κ3) is 7.03. The second-order valence-electron chi connectivity index (χ2n) is 7.60. The quantitative estimate of drug-likeness (QED) is 0.212. The monoisotopic (exact) mass is 531 g/mol. The highest BCUT2D eigenvalue weighted by atomic mass is 35.5. The Morgan fingerprint density at radius 3 is 2.36 bits per heavy atom. The van der Waals surface area contributed by atoms with Crippen LogP contribution in [-0.4, -0.2) is 32.1 Å². The number of hydrogen-bond donors (Lipinski definition) is 0. The summed E-state index contributed by atoms with van der Waals surface area (Å²) in [4.78, 5) is 3.74. The molecule has 33 heavy (non-hydrogen) atoms. The third-order valence-corrected chi connectivity index (χ3v) is 6.77. The topological polar surface area (TPSA) is 78.6 Å². The van der Waals surface area contributed by atoms with E-state index in [1.807, 2.05) is 36.4 Å². The molecule has 10 heteroatoms. The number of sulfone groups is 1. The van der Waals surface area contributed by atoms with Crippen LogP contribution in [0.2, 0.25) is 10.0 Å². The van der Waals surface area contributed by atoms with Gasteiger partial charge in [-0.2, -0.15) is 0 Å². The zero-order valence-corrected chi connectivity index (χ0v) is 21.3. The number of alkyl halides is 1. The third-order valence-electron chi connectivity index (χ3n) is 4.90. The van der Waals surface area contributed by atoms with Crippen LogP contribution in [0.5, 0.6) is 11.5 Å². The van der Waals surface area contributed by atoms with Gasteiger partial charge in [-0.05, 0) is 54.2 Å². The largest absolute Gasteiger partial charge is 0.490 e. The lowest BCUT2D eigenvalue weighted by atomic mass is 9.93. The number of rotatable bonds is 11. The van der Waals surface area contributed by atoms with Gasteiger partial charge >= 0.3 is 0 Å². The second kappa shape index (κ2) is 11.5. The molecule has 0 saturated carbocycles. The van der Waals surface area contributed by atoms with Crippen LogP contribution in [0.15, 0.2) is 52.2 Å². The Morgan fingerprint density at radius 1 is 1.09 bits per heavy atom. The summed E-state index contributed by atoms with van der Waals surface area (Å²) in [7, 11) is -3.47. The van der Waals surface area contributed by atoms with E-state index in [2.05, 4.69) is 11.9 Å². The van der Waals surface area contributed by atoms with Gasteiger partial charge in [0.1, 0.15) is 12.4 Å². The first-order valence-electron chi connectivity index (χ1n) is 10.2. The molecule has 0 amide bonds. The van der Waals surface area contributed by atoms with Crippen LogP contribution in [0, 0.1) is 0 Å². The Labute approximate surface area is 208 Å². The summed E-state index contributed by atoms with van der Waals surface area (Å²) < 4.78 is 39.9. The van der Waals surface area contributed by atoms with Crippen LogP contribution in [0.3, 0.4) is 0 Å². The molecule has 0 aliphatic rings. The summed E-state index contributed by atoms with van der Waals surface area (Å²) in [5.41, 5.74) is 2.11. The highest BCUT2D eigenvalue weighted by Crippen LogP contribution is 2.37. The molecule has 1 aromatic heterocycles. The Morgan fingerprint density at radius 2 is 1.76 bits per heavy atom. The Hall–Kier alpha value is -1.93. The maximum Gasteiger partial charge on any atom is 0.200 e. The van der Waals surface area contributed by atoms with Gasteiger partial charge in [-0.3, -0.25) is 0 Å². The lowest BCUT2D eigenvalue weighted by molar-refractivity contribution is 0.265. The number of nitrogens with zero attached hydrogens (tertiary/aromatic N) is 1. The maximum absolute atomic E-state index is 11.7. The van der Waals surface area contributed by atoms with Gasteiger partial charge in [0.2, 0.25) is 0 Å². The first-order valence-corrected chi connectivity index (χ1v) is 13.4. The zero-order chi connectivity index (χ0) is 24.0. The van der Waals surface area contributed by atoms with E-state index in [0.29, 0.717) is 40.5 Å². The number of hydrogen-bond acceptors (Lipinski definition) is 6. The fourth-order valence-electron chi connectivity index (χ4n) is 3.23. The zero-order valence-electron chi connectivity index (χ0n) is 18.2. The molecule has 3 rings (SSSR count). The molecule has 3 aromatic rings. The molecule has 0 N–H and O–H groups in total. The second-order valence-corrected chi connectivity index (χ2v) is 10.7. The maximum atomic E-state index is 11.7. The van der Waals surface area contributed by atoms with E-state index in [1.165, 1.54) is 0 Å². The highest BCUT2D eigenvalue weighted by Gasteiger charge is 2.19. The molecule has 0 radical (unpaired) electrons. The molecule has 0 fully saturated rings. The van der Waals surface area contributed by atoms with Crippen molar-refractivity contribution in [2.24, 2.45) is 0 Å². The van der Waals surface area contributed by atoms with Crippen molar-refractivity contribution in [3.05, 3.63) is 69.7 Å². The predicted octanol–water partition coefficient (Wildman–Crippen LogP) is 6.32. The SMILES string of the molecule is C[C@H](Cc1ccc(OCc2ocnc2S(C)(=O)=O)cc1)c1cc(Cl)c(OCCCCl)c(Cl)c1. The summed E-state index contributed by atoms with van der Waals surface area (Å²) in [5.74, 6) is 1.91. The minimum atomic E-state index is -3.47. The molecular formula is C23H24Cl3NO5S. The molecule has 0 aliphatic heterocycles. The molecular weight excluding hydrogens is 509 g/mol. The number of oxazole rings is 1. The summed E-state index contributed by atoms with van der Waals surface area (Å²) >= 11 is 18.5. The molecule has 1 atom stereocenters. The first kappa shape index (κ1) is 25.7.